The fraction of sp³-hybridized carbons (Fsp3) is 0.0213. The first kappa shape index (κ1) is 31.8. The molecule has 0 spiro atoms. The van der Waals surface area contributed by atoms with Crippen molar-refractivity contribution < 1.29 is 4.42 Å². The van der Waals surface area contributed by atoms with Crippen LogP contribution in [0.15, 0.2) is 185 Å². The Morgan fingerprint density at radius 3 is 1.34 bits per heavy atom. The minimum Gasteiger partial charge on any atom is -0.455 e. The summed E-state index contributed by atoms with van der Waals surface area (Å²) < 4.78 is 6.75. The van der Waals surface area contributed by atoms with Crippen LogP contribution in [0.25, 0.3) is 78.4 Å². The lowest BCUT2D eigenvalue weighted by molar-refractivity contribution is 0.671. The topological polar surface area (TPSA) is 90.2 Å². The molecule has 0 saturated heterocycles. The van der Waals surface area contributed by atoms with Crippen molar-refractivity contribution >= 4 is 27.8 Å². The van der Waals surface area contributed by atoms with E-state index in [4.69, 9.17) is 25.1 Å². The highest BCUT2D eigenvalue weighted by Crippen LogP contribution is 2.40. The van der Waals surface area contributed by atoms with Crippen LogP contribution in [0, 0.1) is 0 Å². The van der Waals surface area contributed by atoms with Crippen LogP contribution < -0.4 is 5.73 Å². The zero-order chi connectivity index (χ0) is 35.6. The Morgan fingerprint density at radius 2 is 0.849 bits per heavy atom. The van der Waals surface area contributed by atoms with E-state index in [1.165, 1.54) is 0 Å². The number of nitrogens with two attached hydrogens (primary N) is 1. The van der Waals surface area contributed by atoms with Gasteiger partial charge < -0.3 is 10.2 Å². The van der Waals surface area contributed by atoms with Crippen molar-refractivity contribution in [2.45, 2.75) is 6.54 Å². The predicted molar refractivity (Wildman–Crippen MR) is 215 cm³/mol. The van der Waals surface area contributed by atoms with E-state index in [2.05, 4.69) is 89.9 Å². The Balaban J connectivity index is 1.05. The molecule has 2 N–H and O–H groups in total. The van der Waals surface area contributed by atoms with E-state index in [0.29, 0.717) is 29.9 Å². The van der Waals surface area contributed by atoms with E-state index < -0.39 is 0 Å². The summed E-state index contributed by atoms with van der Waals surface area (Å²) in [6, 6.07) is 59.3. The minimum absolute atomic E-state index is 0.516. The van der Waals surface area contributed by atoms with E-state index in [0.717, 1.165) is 72.0 Å². The monoisotopic (exact) mass is 683 g/mol. The van der Waals surface area contributed by atoms with Crippen molar-refractivity contribution in [3.8, 4) is 56.4 Å². The van der Waals surface area contributed by atoms with Crippen LogP contribution in [-0.4, -0.2) is 20.8 Å². The summed E-state index contributed by atoms with van der Waals surface area (Å²) in [7, 11) is 0. The summed E-state index contributed by atoms with van der Waals surface area (Å²) in [6.45, 7) is 0.541. The molecule has 2 heterocycles. The molecule has 252 valence electrons. The molecule has 0 aliphatic carbocycles. The van der Waals surface area contributed by atoms with Gasteiger partial charge in [0.15, 0.2) is 17.5 Å². The number of furan rings is 1. The summed E-state index contributed by atoms with van der Waals surface area (Å²) >= 11 is 0. The van der Waals surface area contributed by atoms with Crippen LogP contribution in [0.1, 0.15) is 11.1 Å². The van der Waals surface area contributed by atoms with Crippen molar-refractivity contribution in [1.82, 2.24) is 15.0 Å². The van der Waals surface area contributed by atoms with Crippen LogP contribution in [-0.2, 0) is 6.54 Å². The summed E-state index contributed by atoms with van der Waals surface area (Å²) in [5.41, 5.74) is 17.0. The number of aromatic nitrogens is 3. The van der Waals surface area contributed by atoms with Crippen LogP contribution in [0.5, 0.6) is 0 Å². The molecule has 0 radical (unpaired) electrons. The lowest BCUT2D eigenvalue weighted by Gasteiger charge is -2.09. The number of rotatable bonds is 8. The van der Waals surface area contributed by atoms with Gasteiger partial charge in [-0.05, 0) is 16.7 Å². The highest BCUT2D eigenvalue weighted by Gasteiger charge is 2.17. The third kappa shape index (κ3) is 6.34. The molecule has 9 aromatic rings. The Hall–Kier alpha value is -7.18. The fourth-order valence-electron chi connectivity index (χ4n) is 6.68. The zero-order valence-electron chi connectivity index (χ0n) is 28.7. The minimum atomic E-state index is 0.516. The summed E-state index contributed by atoms with van der Waals surface area (Å²) in [4.78, 5) is 19.2. The van der Waals surface area contributed by atoms with Crippen molar-refractivity contribution in [2.75, 3.05) is 0 Å². The van der Waals surface area contributed by atoms with Gasteiger partial charge in [0, 0.05) is 44.2 Å². The molecule has 0 fully saturated rings. The lowest BCUT2D eigenvalue weighted by atomic mass is 9.99. The maximum Gasteiger partial charge on any atom is 0.164 e. The molecule has 0 saturated carbocycles. The first-order valence-electron chi connectivity index (χ1n) is 17.5. The molecular formula is C47H33N5O. The van der Waals surface area contributed by atoms with Crippen LogP contribution in [0.2, 0.25) is 0 Å². The SMILES string of the molecule is NC(=NCc1ccccc1)c1ccc(-c2cccc3c2oc2c(-c4ccc(-c5nc(-c6ccccc6)nc(-c6ccccc6)n5)cc4)cccc23)cc1. The molecule has 0 bridgehead atoms. The fourth-order valence-corrected chi connectivity index (χ4v) is 6.68. The molecule has 6 heteroatoms. The molecule has 9 rings (SSSR count). The van der Waals surface area contributed by atoms with Gasteiger partial charge in [-0.25, -0.2) is 15.0 Å². The number of aliphatic imine (C=N–C) groups is 1. The second kappa shape index (κ2) is 13.9. The van der Waals surface area contributed by atoms with Gasteiger partial charge >= 0.3 is 0 Å². The van der Waals surface area contributed by atoms with E-state index in [1.54, 1.807) is 0 Å². The van der Waals surface area contributed by atoms with Gasteiger partial charge in [0.05, 0.1) is 6.54 Å². The van der Waals surface area contributed by atoms with Crippen molar-refractivity contribution in [1.29, 1.82) is 0 Å². The number of hydrogen-bond acceptors (Lipinski definition) is 5. The summed E-state index contributed by atoms with van der Waals surface area (Å²) in [5, 5.41) is 2.13. The molecule has 2 aromatic heterocycles. The number of fused-ring (bicyclic) bond motifs is 3. The Labute approximate surface area is 307 Å². The molecule has 0 atom stereocenters. The van der Waals surface area contributed by atoms with Crippen molar-refractivity contribution in [3.05, 3.63) is 187 Å². The number of benzene rings is 7. The quantitative estimate of drug-likeness (QED) is 0.127. The molecule has 0 aliphatic heterocycles. The smallest absolute Gasteiger partial charge is 0.164 e. The number of hydrogen-bond donors (Lipinski definition) is 1. The summed E-state index contributed by atoms with van der Waals surface area (Å²) in [6.07, 6.45) is 0. The zero-order valence-corrected chi connectivity index (χ0v) is 28.7. The standard InChI is InChI=1S/C47H33N5O/c48-44(49-30-31-12-4-1-5-13-31)34-26-22-32(23-27-34)38-18-10-20-40-41-21-11-19-39(43(41)53-42(38)40)33-24-28-37(29-25-33)47-51-45(35-14-6-2-7-15-35)50-46(52-47)36-16-8-3-9-17-36/h1-29H,30H2,(H2,48,49). The first-order chi connectivity index (χ1) is 26.2. The van der Waals surface area contributed by atoms with Gasteiger partial charge in [-0.15, -0.1) is 0 Å². The van der Waals surface area contributed by atoms with Crippen LogP contribution in [0.3, 0.4) is 0 Å². The molecule has 53 heavy (non-hydrogen) atoms. The Morgan fingerprint density at radius 1 is 0.434 bits per heavy atom. The van der Waals surface area contributed by atoms with Gasteiger partial charge in [-0.3, -0.25) is 4.99 Å². The van der Waals surface area contributed by atoms with E-state index in [9.17, 15) is 0 Å². The Bertz CT molecular complexity index is 2670. The summed E-state index contributed by atoms with van der Waals surface area (Å²) in [5.74, 6) is 2.40. The Kier molecular flexibility index (Phi) is 8.31. The highest BCUT2D eigenvalue weighted by atomic mass is 16.3. The molecule has 6 nitrogen and oxygen atoms in total. The average molecular weight is 684 g/mol. The van der Waals surface area contributed by atoms with Crippen molar-refractivity contribution in [2.24, 2.45) is 10.7 Å². The molecular weight excluding hydrogens is 651 g/mol. The lowest BCUT2D eigenvalue weighted by Crippen LogP contribution is -2.13. The molecule has 0 aliphatic rings. The van der Waals surface area contributed by atoms with Crippen LogP contribution in [0.4, 0.5) is 0 Å². The molecule has 7 aromatic carbocycles. The largest absolute Gasteiger partial charge is 0.455 e. The van der Waals surface area contributed by atoms with Gasteiger partial charge in [0.2, 0.25) is 0 Å². The number of amidine groups is 1. The maximum absolute atomic E-state index is 6.75. The highest BCUT2D eigenvalue weighted by molar-refractivity contribution is 6.13. The molecule has 0 amide bonds. The van der Waals surface area contributed by atoms with E-state index >= 15 is 0 Å². The third-order valence-corrected chi connectivity index (χ3v) is 9.44. The number of nitrogens with zero attached hydrogens (tertiary/aromatic N) is 4. The van der Waals surface area contributed by atoms with Crippen LogP contribution >= 0.6 is 0 Å². The van der Waals surface area contributed by atoms with Gasteiger partial charge in [-0.2, -0.15) is 0 Å². The normalized spacial score (nSPS) is 11.7. The van der Waals surface area contributed by atoms with E-state index in [-0.39, 0.29) is 0 Å². The second-order valence-corrected chi connectivity index (χ2v) is 12.8. The second-order valence-electron chi connectivity index (χ2n) is 12.8. The third-order valence-electron chi connectivity index (χ3n) is 9.44. The predicted octanol–water partition coefficient (Wildman–Crippen LogP) is 11.0. The molecule has 0 unspecified atom stereocenters. The average Bonchev–Trinajstić information content (AvgIpc) is 3.63. The number of para-hydroxylation sites is 2. The van der Waals surface area contributed by atoms with Gasteiger partial charge in [0.1, 0.15) is 17.0 Å². The van der Waals surface area contributed by atoms with Gasteiger partial charge in [-0.1, -0.05) is 176 Å². The van der Waals surface area contributed by atoms with Crippen molar-refractivity contribution in [3.63, 3.8) is 0 Å². The van der Waals surface area contributed by atoms with E-state index in [1.807, 2.05) is 91.0 Å². The van der Waals surface area contributed by atoms with Gasteiger partial charge in [0.25, 0.3) is 0 Å². The maximum atomic E-state index is 6.75. The first-order valence-corrected chi connectivity index (χ1v) is 17.5.